The summed E-state index contributed by atoms with van der Waals surface area (Å²) in [6, 6.07) is 5.44. The Balaban J connectivity index is 2.22. The maximum Gasteiger partial charge on any atom is 0.244 e. The van der Waals surface area contributed by atoms with Gasteiger partial charge in [-0.25, -0.2) is 13.1 Å². The average molecular weight is 376 g/mol. The normalized spacial score (nSPS) is 15.8. The predicted octanol–water partition coefficient (Wildman–Crippen LogP) is 3.40. The zero-order chi connectivity index (χ0) is 14.5. The van der Waals surface area contributed by atoms with E-state index >= 15 is 0 Å². The van der Waals surface area contributed by atoms with Crippen molar-refractivity contribution in [2.45, 2.75) is 30.7 Å². The molecule has 1 aromatic heterocycles. The Bertz CT molecular complexity index is 804. The molecule has 0 atom stereocenters. The lowest BCUT2D eigenvalue weighted by atomic mass is 10.2. The molecule has 1 saturated carbocycles. The number of aromatic nitrogens is 1. The summed E-state index contributed by atoms with van der Waals surface area (Å²) in [4.78, 5) is 4.44. The Morgan fingerprint density at radius 3 is 2.75 bits per heavy atom. The smallest absolute Gasteiger partial charge is 0.244 e. The summed E-state index contributed by atoms with van der Waals surface area (Å²) in [6.45, 7) is 1.66. The molecule has 1 aliphatic carbocycles. The SMILES string of the molecule is Cc1nc2cc(Br)ccc2c(Cl)c1S(=O)(=O)NC1CC1. The molecule has 1 N–H and O–H groups in total. The van der Waals surface area contributed by atoms with Gasteiger partial charge in [-0.3, -0.25) is 4.98 Å². The van der Waals surface area contributed by atoms with E-state index in [9.17, 15) is 8.42 Å². The first-order valence-corrected chi connectivity index (χ1v) is 8.81. The molecule has 0 unspecified atom stereocenters. The first kappa shape index (κ1) is 14.3. The van der Waals surface area contributed by atoms with Crippen LogP contribution in [0.4, 0.5) is 0 Å². The minimum atomic E-state index is -3.62. The first-order chi connectivity index (χ1) is 9.38. The molecular formula is C13H12BrClN2O2S. The summed E-state index contributed by atoms with van der Waals surface area (Å²) in [7, 11) is -3.62. The molecule has 0 aliphatic heterocycles. The number of benzene rings is 1. The maximum absolute atomic E-state index is 12.4. The Hall–Kier alpha value is -0.690. The summed E-state index contributed by atoms with van der Waals surface area (Å²) in [6.07, 6.45) is 1.76. The number of hydrogen-bond donors (Lipinski definition) is 1. The third-order valence-corrected chi connectivity index (χ3v) is 5.86. The number of pyridine rings is 1. The lowest BCUT2D eigenvalue weighted by Gasteiger charge is -2.12. The fraction of sp³-hybridized carbons (Fsp3) is 0.308. The third-order valence-electron chi connectivity index (χ3n) is 3.18. The molecular weight excluding hydrogens is 364 g/mol. The standard InChI is InChI=1S/C13H12BrClN2O2S/c1-7-13(20(18,19)17-9-3-4-9)12(15)10-5-2-8(14)6-11(10)16-7/h2,5-6,9,17H,3-4H2,1H3. The van der Waals surface area contributed by atoms with Crippen LogP contribution in [0.1, 0.15) is 18.5 Å². The molecule has 0 radical (unpaired) electrons. The van der Waals surface area contributed by atoms with Gasteiger partial charge in [0.15, 0.2) is 0 Å². The van der Waals surface area contributed by atoms with Crippen LogP contribution in [0.25, 0.3) is 10.9 Å². The van der Waals surface area contributed by atoms with E-state index in [1.54, 1.807) is 13.0 Å². The highest BCUT2D eigenvalue weighted by Gasteiger charge is 2.31. The van der Waals surface area contributed by atoms with Crippen molar-refractivity contribution < 1.29 is 8.42 Å². The molecule has 7 heteroatoms. The summed E-state index contributed by atoms with van der Waals surface area (Å²) in [5, 5.41) is 0.866. The van der Waals surface area contributed by atoms with Gasteiger partial charge in [-0.15, -0.1) is 0 Å². The van der Waals surface area contributed by atoms with Gasteiger partial charge in [0.2, 0.25) is 10.0 Å². The zero-order valence-corrected chi connectivity index (χ0v) is 13.8. The van der Waals surface area contributed by atoms with Gasteiger partial charge in [0, 0.05) is 15.9 Å². The lowest BCUT2D eigenvalue weighted by molar-refractivity contribution is 0.580. The summed E-state index contributed by atoms with van der Waals surface area (Å²) < 4.78 is 28.3. The highest BCUT2D eigenvalue weighted by molar-refractivity contribution is 9.10. The maximum atomic E-state index is 12.4. The molecule has 0 amide bonds. The molecule has 106 valence electrons. The minimum Gasteiger partial charge on any atom is -0.252 e. The van der Waals surface area contributed by atoms with Crippen LogP contribution in [0.2, 0.25) is 5.02 Å². The average Bonchev–Trinajstić information content (AvgIpc) is 3.10. The highest BCUT2D eigenvalue weighted by Crippen LogP contribution is 2.33. The molecule has 2 aromatic rings. The Morgan fingerprint density at radius 2 is 2.10 bits per heavy atom. The minimum absolute atomic E-state index is 0.0380. The van der Waals surface area contributed by atoms with E-state index < -0.39 is 10.0 Å². The van der Waals surface area contributed by atoms with Gasteiger partial charge >= 0.3 is 0 Å². The molecule has 20 heavy (non-hydrogen) atoms. The van der Waals surface area contributed by atoms with E-state index in [1.165, 1.54) is 0 Å². The van der Waals surface area contributed by atoms with Crippen LogP contribution in [0.15, 0.2) is 27.6 Å². The molecule has 1 aliphatic rings. The van der Waals surface area contributed by atoms with Gasteiger partial charge in [0.25, 0.3) is 0 Å². The van der Waals surface area contributed by atoms with Gasteiger partial charge in [-0.1, -0.05) is 33.6 Å². The Kier molecular flexibility index (Phi) is 3.52. The number of fused-ring (bicyclic) bond motifs is 1. The van der Waals surface area contributed by atoms with Gasteiger partial charge in [0.1, 0.15) is 4.90 Å². The second-order valence-electron chi connectivity index (χ2n) is 4.90. The Morgan fingerprint density at radius 1 is 1.40 bits per heavy atom. The van der Waals surface area contributed by atoms with E-state index in [0.717, 1.165) is 17.3 Å². The Labute approximate surface area is 130 Å². The van der Waals surface area contributed by atoms with Crippen LogP contribution in [0.3, 0.4) is 0 Å². The zero-order valence-electron chi connectivity index (χ0n) is 10.7. The summed E-state index contributed by atoms with van der Waals surface area (Å²) in [5.41, 5.74) is 1.08. The molecule has 0 spiro atoms. The predicted molar refractivity (Wildman–Crippen MR) is 82.5 cm³/mol. The monoisotopic (exact) mass is 374 g/mol. The van der Waals surface area contributed by atoms with Crippen molar-refractivity contribution in [1.29, 1.82) is 0 Å². The number of rotatable bonds is 3. The third kappa shape index (κ3) is 2.57. The number of hydrogen-bond acceptors (Lipinski definition) is 3. The van der Waals surface area contributed by atoms with E-state index in [-0.39, 0.29) is 16.0 Å². The van der Waals surface area contributed by atoms with Crippen molar-refractivity contribution in [3.63, 3.8) is 0 Å². The highest BCUT2D eigenvalue weighted by atomic mass is 79.9. The second kappa shape index (κ2) is 4.94. The van der Waals surface area contributed by atoms with Gasteiger partial charge in [-0.05, 0) is 31.9 Å². The summed E-state index contributed by atoms with van der Waals surface area (Å²) >= 11 is 9.68. The number of aryl methyl sites for hydroxylation is 1. The van der Waals surface area contributed by atoms with Crippen LogP contribution in [0.5, 0.6) is 0 Å². The van der Waals surface area contributed by atoms with Crippen molar-refractivity contribution in [2.75, 3.05) is 0 Å². The molecule has 0 saturated heterocycles. The van der Waals surface area contributed by atoms with Gasteiger partial charge in [-0.2, -0.15) is 0 Å². The van der Waals surface area contributed by atoms with Crippen molar-refractivity contribution in [2.24, 2.45) is 0 Å². The quantitative estimate of drug-likeness (QED) is 0.894. The van der Waals surface area contributed by atoms with E-state index in [4.69, 9.17) is 11.6 Å². The van der Waals surface area contributed by atoms with E-state index in [1.807, 2.05) is 12.1 Å². The fourth-order valence-electron chi connectivity index (χ4n) is 2.09. The second-order valence-corrected chi connectivity index (χ2v) is 7.84. The number of nitrogens with zero attached hydrogens (tertiary/aromatic N) is 1. The largest absolute Gasteiger partial charge is 0.252 e. The van der Waals surface area contributed by atoms with Crippen molar-refractivity contribution in [1.82, 2.24) is 9.71 Å². The van der Waals surface area contributed by atoms with E-state index in [0.29, 0.717) is 16.6 Å². The first-order valence-electron chi connectivity index (χ1n) is 6.16. The van der Waals surface area contributed by atoms with Crippen LogP contribution in [-0.2, 0) is 10.0 Å². The van der Waals surface area contributed by atoms with Gasteiger partial charge in [0.05, 0.1) is 16.2 Å². The summed E-state index contributed by atoms with van der Waals surface area (Å²) in [5.74, 6) is 0. The molecule has 0 bridgehead atoms. The molecule has 1 heterocycles. The fourth-order valence-corrected chi connectivity index (χ4v) is 4.61. The van der Waals surface area contributed by atoms with E-state index in [2.05, 4.69) is 25.6 Å². The van der Waals surface area contributed by atoms with Crippen LogP contribution in [-0.4, -0.2) is 19.4 Å². The van der Waals surface area contributed by atoms with Crippen LogP contribution < -0.4 is 4.72 Å². The van der Waals surface area contributed by atoms with Crippen LogP contribution in [0, 0.1) is 6.92 Å². The van der Waals surface area contributed by atoms with Crippen LogP contribution >= 0.6 is 27.5 Å². The van der Waals surface area contributed by atoms with Gasteiger partial charge < -0.3 is 0 Å². The molecule has 4 nitrogen and oxygen atoms in total. The number of nitrogens with one attached hydrogen (secondary N) is 1. The lowest BCUT2D eigenvalue weighted by Crippen LogP contribution is -2.27. The van der Waals surface area contributed by atoms with Crippen molar-refractivity contribution in [3.05, 3.63) is 33.4 Å². The molecule has 1 fully saturated rings. The number of halogens is 2. The van der Waals surface area contributed by atoms with Crippen molar-refractivity contribution in [3.8, 4) is 0 Å². The van der Waals surface area contributed by atoms with Crippen molar-refractivity contribution >= 4 is 48.5 Å². The topological polar surface area (TPSA) is 59.1 Å². The molecule has 3 rings (SSSR count). The molecule has 1 aromatic carbocycles. The number of sulfonamides is 1.